The van der Waals surface area contributed by atoms with E-state index in [9.17, 15) is 0 Å². The molecule has 1 fully saturated rings. The van der Waals surface area contributed by atoms with Crippen LogP contribution in [0.1, 0.15) is 23.5 Å². The smallest absolute Gasteiger partial charge is 0.0692 e. The standard InChI is InChI=1S/C11H10BrNO/c12-7-2-4-8-6(5-7)1-3-9-10(8)11(9)13-14/h2,4-5,9-10,14H,1,3H2/b13-11-. The van der Waals surface area contributed by atoms with Crippen LogP contribution in [0, 0.1) is 5.92 Å². The SMILES string of the molecule is O/N=C1/C2CCc3cc(Br)ccc3C12. The van der Waals surface area contributed by atoms with Crippen LogP contribution in [-0.2, 0) is 6.42 Å². The number of fused-ring (bicyclic) bond motifs is 3. The van der Waals surface area contributed by atoms with Gasteiger partial charge in [-0.25, -0.2) is 0 Å². The van der Waals surface area contributed by atoms with Crippen molar-refractivity contribution in [2.75, 3.05) is 0 Å². The van der Waals surface area contributed by atoms with Crippen LogP contribution < -0.4 is 0 Å². The van der Waals surface area contributed by atoms with Crippen LogP contribution in [0.2, 0.25) is 0 Å². The molecule has 1 N–H and O–H groups in total. The Morgan fingerprint density at radius 2 is 2.29 bits per heavy atom. The topological polar surface area (TPSA) is 32.6 Å². The van der Waals surface area contributed by atoms with Crippen molar-refractivity contribution in [3.63, 3.8) is 0 Å². The molecular weight excluding hydrogens is 242 g/mol. The number of oxime groups is 1. The quantitative estimate of drug-likeness (QED) is 0.558. The van der Waals surface area contributed by atoms with Gasteiger partial charge in [-0.1, -0.05) is 27.2 Å². The average Bonchev–Trinajstić information content (AvgIpc) is 2.90. The predicted molar refractivity (Wildman–Crippen MR) is 57.9 cm³/mol. The van der Waals surface area contributed by atoms with Crippen molar-refractivity contribution in [1.29, 1.82) is 0 Å². The maximum absolute atomic E-state index is 8.80. The van der Waals surface area contributed by atoms with Crippen molar-refractivity contribution < 1.29 is 5.21 Å². The Labute approximate surface area is 90.8 Å². The number of benzene rings is 1. The minimum absolute atomic E-state index is 0.414. The Morgan fingerprint density at radius 3 is 3.07 bits per heavy atom. The van der Waals surface area contributed by atoms with Gasteiger partial charge in [-0.05, 0) is 36.1 Å². The van der Waals surface area contributed by atoms with Gasteiger partial charge in [0.1, 0.15) is 0 Å². The average molecular weight is 252 g/mol. The third kappa shape index (κ3) is 1.05. The highest BCUT2D eigenvalue weighted by molar-refractivity contribution is 9.10. The van der Waals surface area contributed by atoms with Gasteiger partial charge in [0.05, 0.1) is 5.71 Å². The van der Waals surface area contributed by atoms with Gasteiger partial charge >= 0.3 is 0 Å². The highest BCUT2D eigenvalue weighted by Gasteiger charge is 2.50. The summed E-state index contributed by atoms with van der Waals surface area (Å²) in [6.45, 7) is 0. The van der Waals surface area contributed by atoms with Gasteiger partial charge in [0.15, 0.2) is 0 Å². The number of aryl methyl sites for hydroxylation is 1. The van der Waals surface area contributed by atoms with Crippen molar-refractivity contribution in [2.45, 2.75) is 18.8 Å². The molecule has 2 atom stereocenters. The van der Waals surface area contributed by atoms with Crippen LogP contribution in [0.3, 0.4) is 0 Å². The van der Waals surface area contributed by atoms with Gasteiger partial charge < -0.3 is 5.21 Å². The first-order valence-electron chi connectivity index (χ1n) is 4.81. The molecule has 3 heteroatoms. The molecule has 0 amide bonds. The lowest BCUT2D eigenvalue weighted by Crippen LogP contribution is -2.00. The highest BCUT2D eigenvalue weighted by Crippen LogP contribution is 2.51. The van der Waals surface area contributed by atoms with Crippen LogP contribution >= 0.6 is 15.9 Å². The van der Waals surface area contributed by atoms with Crippen LogP contribution in [0.25, 0.3) is 0 Å². The second kappa shape index (κ2) is 2.83. The number of hydrogen-bond donors (Lipinski definition) is 1. The summed E-state index contributed by atoms with van der Waals surface area (Å²) < 4.78 is 1.14. The van der Waals surface area contributed by atoms with Gasteiger partial charge in [-0.2, -0.15) is 0 Å². The fourth-order valence-corrected chi connectivity index (χ4v) is 2.94. The van der Waals surface area contributed by atoms with Crippen molar-refractivity contribution in [1.82, 2.24) is 0 Å². The molecule has 2 unspecified atom stereocenters. The lowest BCUT2D eigenvalue weighted by atomic mass is 9.92. The molecule has 72 valence electrons. The third-order valence-corrected chi connectivity index (χ3v) is 3.77. The van der Waals surface area contributed by atoms with Crippen molar-refractivity contribution >= 4 is 21.6 Å². The molecule has 0 spiro atoms. The Morgan fingerprint density at radius 1 is 1.43 bits per heavy atom. The van der Waals surface area contributed by atoms with Crippen LogP contribution in [0.15, 0.2) is 27.8 Å². The number of hydrogen-bond acceptors (Lipinski definition) is 2. The fourth-order valence-electron chi connectivity index (χ4n) is 2.53. The molecule has 14 heavy (non-hydrogen) atoms. The lowest BCUT2D eigenvalue weighted by Gasteiger charge is -2.13. The Balaban J connectivity index is 2.09. The predicted octanol–water partition coefficient (Wildman–Crippen LogP) is 2.94. The van der Waals surface area contributed by atoms with E-state index >= 15 is 0 Å². The molecule has 2 aliphatic carbocycles. The van der Waals surface area contributed by atoms with Crippen molar-refractivity contribution in [3.05, 3.63) is 33.8 Å². The Hall–Kier alpha value is -0.830. The van der Waals surface area contributed by atoms with Crippen molar-refractivity contribution in [2.24, 2.45) is 11.1 Å². The van der Waals surface area contributed by atoms with E-state index in [4.69, 9.17) is 5.21 Å². The summed E-state index contributed by atoms with van der Waals surface area (Å²) in [5, 5.41) is 12.2. The zero-order valence-electron chi connectivity index (χ0n) is 7.57. The summed E-state index contributed by atoms with van der Waals surface area (Å²) in [6.07, 6.45) is 2.24. The molecule has 1 aromatic rings. The van der Waals surface area contributed by atoms with Gasteiger partial charge in [-0.3, -0.25) is 0 Å². The monoisotopic (exact) mass is 251 g/mol. The number of nitrogens with zero attached hydrogens (tertiary/aromatic N) is 1. The first-order chi connectivity index (χ1) is 6.81. The maximum Gasteiger partial charge on any atom is 0.0692 e. The molecule has 0 heterocycles. The molecule has 3 rings (SSSR count). The molecule has 0 radical (unpaired) electrons. The van der Waals surface area contributed by atoms with Crippen molar-refractivity contribution in [3.8, 4) is 0 Å². The summed E-state index contributed by atoms with van der Waals surface area (Å²) >= 11 is 3.48. The van der Waals surface area contributed by atoms with E-state index < -0.39 is 0 Å². The minimum atomic E-state index is 0.414. The largest absolute Gasteiger partial charge is 0.411 e. The van der Waals surface area contributed by atoms with Gasteiger partial charge in [0.25, 0.3) is 0 Å². The highest BCUT2D eigenvalue weighted by atomic mass is 79.9. The number of rotatable bonds is 0. The van der Waals surface area contributed by atoms with E-state index in [2.05, 4.69) is 39.3 Å². The Bertz CT molecular complexity index is 427. The number of halogens is 1. The normalized spacial score (nSPS) is 31.1. The lowest BCUT2D eigenvalue weighted by molar-refractivity contribution is 0.319. The summed E-state index contributed by atoms with van der Waals surface area (Å²) in [5.74, 6) is 0.936. The Kier molecular flexibility index (Phi) is 1.71. The van der Waals surface area contributed by atoms with Crippen LogP contribution in [0.5, 0.6) is 0 Å². The fraction of sp³-hybridized carbons (Fsp3) is 0.364. The van der Waals surface area contributed by atoms with Gasteiger partial charge in [0.2, 0.25) is 0 Å². The van der Waals surface area contributed by atoms with Crippen LogP contribution in [-0.4, -0.2) is 10.9 Å². The molecule has 2 aliphatic rings. The molecule has 0 saturated heterocycles. The zero-order valence-corrected chi connectivity index (χ0v) is 9.16. The van der Waals surface area contributed by atoms with Crippen LogP contribution in [0.4, 0.5) is 0 Å². The van der Waals surface area contributed by atoms with Gasteiger partial charge in [-0.15, -0.1) is 0 Å². The first kappa shape index (κ1) is 8.48. The second-order valence-electron chi connectivity index (χ2n) is 3.99. The summed E-state index contributed by atoms with van der Waals surface area (Å²) in [5.41, 5.74) is 3.74. The molecule has 2 nitrogen and oxygen atoms in total. The molecule has 0 bridgehead atoms. The van der Waals surface area contributed by atoms with E-state index in [0.29, 0.717) is 11.8 Å². The van der Waals surface area contributed by atoms with E-state index in [0.717, 1.165) is 23.0 Å². The van der Waals surface area contributed by atoms with E-state index in [1.54, 1.807) is 0 Å². The molecular formula is C11H10BrNO. The minimum Gasteiger partial charge on any atom is -0.411 e. The zero-order chi connectivity index (χ0) is 9.71. The summed E-state index contributed by atoms with van der Waals surface area (Å²) in [6, 6.07) is 6.39. The van der Waals surface area contributed by atoms with E-state index in [1.807, 2.05) is 0 Å². The first-order valence-corrected chi connectivity index (χ1v) is 5.60. The molecule has 1 saturated carbocycles. The summed E-state index contributed by atoms with van der Waals surface area (Å²) in [4.78, 5) is 0. The molecule has 0 aliphatic heterocycles. The van der Waals surface area contributed by atoms with Gasteiger partial charge in [0, 0.05) is 16.3 Å². The molecule has 0 aromatic heterocycles. The van der Waals surface area contributed by atoms with E-state index in [-0.39, 0.29) is 0 Å². The maximum atomic E-state index is 8.80. The molecule has 1 aromatic carbocycles. The summed E-state index contributed by atoms with van der Waals surface area (Å²) in [7, 11) is 0. The third-order valence-electron chi connectivity index (χ3n) is 3.27. The van der Waals surface area contributed by atoms with E-state index in [1.165, 1.54) is 11.1 Å². The second-order valence-corrected chi connectivity index (χ2v) is 4.91.